The third kappa shape index (κ3) is 3.36. The summed E-state index contributed by atoms with van der Waals surface area (Å²) in [6.45, 7) is 6.27. The predicted molar refractivity (Wildman–Crippen MR) is 90.0 cm³/mol. The second-order valence-corrected chi connectivity index (χ2v) is 5.72. The minimum Gasteiger partial charge on any atom is -0.346 e. The van der Waals surface area contributed by atoms with Gasteiger partial charge in [-0.3, -0.25) is 10.1 Å². The van der Waals surface area contributed by atoms with Crippen LogP contribution in [0.5, 0.6) is 0 Å². The molecule has 6 nitrogen and oxygen atoms in total. The molecule has 0 aliphatic rings. The minimum absolute atomic E-state index is 0.0281. The third-order valence-electron chi connectivity index (χ3n) is 3.63. The average molecular weight is 308 g/mol. The highest BCUT2D eigenvalue weighted by molar-refractivity contribution is 5.62. The van der Waals surface area contributed by atoms with Gasteiger partial charge in [0, 0.05) is 24.2 Å². The van der Waals surface area contributed by atoms with E-state index in [0.29, 0.717) is 11.9 Å². The lowest BCUT2D eigenvalue weighted by molar-refractivity contribution is 0.810. The zero-order chi connectivity index (χ0) is 16.2. The molecule has 0 bridgehead atoms. The Hall–Kier alpha value is -2.76. The van der Waals surface area contributed by atoms with Gasteiger partial charge in [-0.2, -0.15) is 5.10 Å². The van der Waals surface area contributed by atoms with Crippen molar-refractivity contribution >= 4 is 5.95 Å². The van der Waals surface area contributed by atoms with E-state index < -0.39 is 0 Å². The number of anilines is 1. The maximum Gasteiger partial charge on any atom is 0.223 e. The Morgan fingerprint density at radius 3 is 2.65 bits per heavy atom. The third-order valence-corrected chi connectivity index (χ3v) is 3.63. The molecule has 118 valence electrons. The van der Waals surface area contributed by atoms with Gasteiger partial charge >= 0.3 is 0 Å². The molecule has 3 aromatic heterocycles. The van der Waals surface area contributed by atoms with Crippen molar-refractivity contribution in [2.24, 2.45) is 0 Å². The number of nitrogens with one attached hydrogen (secondary N) is 2. The molecule has 0 amide bonds. The van der Waals surface area contributed by atoms with E-state index >= 15 is 0 Å². The number of nitrogens with zero attached hydrogens (tertiary/aromatic N) is 4. The fourth-order valence-corrected chi connectivity index (χ4v) is 2.42. The van der Waals surface area contributed by atoms with Crippen molar-refractivity contribution in [2.45, 2.75) is 32.7 Å². The number of hydrogen-bond acceptors (Lipinski definition) is 5. The van der Waals surface area contributed by atoms with E-state index in [9.17, 15) is 0 Å². The smallest absolute Gasteiger partial charge is 0.223 e. The standard InChI is InChI=1S/C17H20N6/c1-11(2)16-13(10-20-23-16)15-7-9-19-17(22-15)21-12(3)14-6-4-5-8-18-14/h4-12H,1-3H3,(H,20,23)(H,19,21,22). The fraction of sp³-hybridized carbons (Fsp3) is 0.294. The van der Waals surface area contributed by atoms with Crippen molar-refractivity contribution in [1.29, 1.82) is 0 Å². The van der Waals surface area contributed by atoms with E-state index in [-0.39, 0.29) is 6.04 Å². The molecule has 23 heavy (non-hydrogen) atoms. The van der Waals surface area contributed by atoms with Gasteiger partial charge in [-0.25, -0.2) is 9.97 Å². The monoisotopic (exact) mass is 308 g/mol. The molecule has 0 aliphatic carbocycles. The van der Waals surface area contributed by atoms with E-state index in [2.05, 4.69) is 44.3 Å². The Kier molecular flexibility index (Phi) is 4.32. The Morgan fingerprint density at radius 2 is 1.91 bits per heavy atom. The molecule has 0 spiro atoms. The highest BCUT2D eigenvalue weighted by Crippen LogP contribution is 2.26. The quantitative estimate of drug-likeness (QED) is 0.753. The molecule has 1 atom stereocenters. The number of aromatic nitrogens is 5. The van der Waals surface area contributed by atoms with E-state index in [1.54, 1.807) is 12.4 Å². The van der Waals surface area contributed by atoms with Crippen LogP contribution >= 0.6 is 0 Å². The molecule has 0 fully saturated rings. The highest BCUT2D eigenvalue weighted by Gasteiger charge is 2.14. The molecule has 1 unspecified atom stereocenters. The molecule has 3 heterocycles. The van der Waals surface area contributed by atoms with Gasteiger partial charge in [0.25, 0.3) is 0 Å². The van der Waals surface area contributed by atoms with Crippen LogP contribution in [0.25, 0.3) is 11.3 Å². The first-order chi connectivity index (χ1) is 11.1. The Labute approximate surface area is 135 Å². The SMILES string of the molecule is CC(C)c1n[nH]cc1-c1ccnc(NC(C)c2ccccn2)n1. The average Bonchev–Trinajstić information content (AvgIpc) is 3.06. The fourth-order valence-electron chi connectivity index (χ4n) is 2.42. The van der Waals surface area contributed by atoms with Gasteiger partial charge in [-0.05, 0) is 31.0 Å². The van der Waals surface area contributed by atoms with Gasteiger partial charge in [-0.15, -0.1) is 0 Å². The first-order valence-electron chi connectivity index (χ1n) is 7.69. The highest BCUT2D eigenvalue weighted by atomic mass is 15.1. The first-order valence-corrected chi connectivity index (χ1v) is 7.69. The zero-order valence-corrected chi connectivity index (χ0v) is 13.5. The van der Waals surface area contributed by atoms with E-state index in [1.807, 2.05) is 37.4 Å². The van der Waals surface area contributed by atoms with Gasteiger partial charge in [0.2, 0.25) is 5.95 Å². The number of H-pyrrole nitrogens is 1. The Balaban J connectivity index is 1.84. The van der Waals surface area contributed by atoms with Crippen LogP contribution in [0.1, 0.15) is 44.1 Å². The van der Waals surface area contributed by atoms with Crippen molar-refractivity contribution < 1.29 is 0 Å². The summed E-state index contributed by atoms with van der Waals surface area (Å²) in [5.74, 6) is 0.909. The van der Waals surface area contributed by atoms with Crippen molar-refractivity contribution in [3.63, 3.8) is 0 Å². The van der Waals surface area contributed by atoms with Gasteiger partial charge in [0.05, 0.1) is 23.1 Å². The van der Waals surface area contributed by atoms with E-state index in [4.69, 9.17) is 0 Å². The van der Waals surface area contributed by atoms with Crippen LogP contribution in [0, 0.1) is 0 Å². The first kappa shape index (κ1) is 15.1. The van der Waals surface area contributed by atoms with Gasteiger partial charge in [0.15, 0.2) is 0 Å². The van der Waals surface area contributed by atoms with Gasteiger partial charge < -0.3 is 5.32 Å². The van der Waals surface area contributed by atoms with E-state index in [1.165, 1.54) is 0 Å². The molecule has 0 aliphatic heterocycles. The second-order valence-electron chi connectivity index (χ2n) is 5.72. The van der Waals surface area contributed by atoms with Crippen molar-refractivity contribution in [1.82, 2.24) is 25.1 Å². The van der Waals surface area contributed by atoms with Crippen LogP contribution in [0.15, 0.2) is 42.9 Å². The molecule has 0 saturated carbocycles. The lowest BCUT2D eigenvalue weighted by Gasteiger charge is -2.13. The summed E-state index contributed by atoms with van der Waals surface area (Å²) in [7, 11) is 0. The molecule has 0 saturated heterocycles. The minimum atomic E-state index is 0.0281. The summed E-state index contributed by atoms with van der Waals surface area (Å²) in [6.07, 6.45) is 5.42. The molecule has 3 aromatic rings. The maximum absolute atomic E-state index is 4.61. The lowest BCUT2D eigenvalue weighted by atomic mass is 10.0. The molecular formula is C17H20N6. The molecular weight excluding hydrogens is 288 g/mol. The Bertz CT molecular complexity index is 766. The second kappa shape index (κ2) is 6.56. The van der Waals surface area contributed by atoms with Crippen LogP contribution in [0.2, 0.25) is 0 Å². The van der Waals surface area contributed by atoms with Gasteiger partial charge in [-0.1, -0.05) is 19.9 Å². The lowest BCUT2D eigenvalue weighted by Crippen LogP contribution is -2.11. The summed E-state index contributed by atoms with van der Waals surface area (Å²) >= 11 is 0. The van der Waals surface area contributed by atoms with Crippen LogP contribution in [-0.2, 0) is 0 Å². The summed E-state index contributed by atoms with van der Waals surface area (Å²) in [5, 5.41) is 10.5. The molecule has 3 rings (SSSR count). The number of hydrogen-bond donors (Lipinski definition) is 2. The Morgan fingerprint density at radius 1 is 1.04 bits per heavy atom. The van der Waals surface area contributed by atoms with E-state index in [0.717, 1.165) is 22.6 Å². The predicted octanol–water partition coefficient (Wildman–Crippen LogP) is 3.56. The topological polar surface area (TPSA) is 79.4 Å². The summed E-state index contributed by atoms with van der Waals surface area (Å²) in [6, 6.07) is 7.78. The van der Waals surface area contributed by atoms with Crippen LogP contribution in [0.3, 0.4) is 0 Å². The largest absolute Gasteiger partial charge is 0.346 e. The summed E-state index contributed by atoms with van der Waals surface area (Å²) < 4.78 is 0. The molecule has 0 aromatic carbocycles. The van der Waals surface area contributed by atoms with Crippen molar-refractivity contribution in [2.75, 3.05) is 5.32 Å². The normalized spacial score (nSPS) is 12.3. The molecule has 2 N–H and O–H groups in total. The summed E-state index contributed by atoms with van der Waals surface area (Å²) in [4.78, 5) is 13.3. The zero-order valence-electron chi connectivity index (χ0n) is 13.5. The van der Waals surface area contributed by atoms with Crippen LogP contribution in [0.4, 0.5) is 5.95 Å². The maximum atomic E-state index is 4.61. The summed E-state index contributed by atoms with van der Waals surface area (Å²) in [5.41, 5.74) is 3.82. The van der Waals surface area contributed by atoms with Crippen LogP contribution in [-0.4, -0.2) is 25.1 Å². The number of rotatable bonds is 5. The number of aromatic amines is 1. The number of pyridine rings is 1. The van der Waals surface area contributed by atoms with Crippen molar-refractivity contribution in [3.05, 3.63) is 54.2 Å². The van der Waals surface area contributed by atoms with Crippen LogP contribution < -0.4 is 5.32 Å². The molecule has 0 radical (unpaired) electrons. The molecule has 6 heteroatoms. The van der Waals surface area contributed by atoms with Gasteiger partial charge in [0.1, 0.15) is 0 Å². The van der Waals surface area contributed by atoms with Crippen molar-refractivity contribution in [3.8, 4) is 11.3 Å².